The lowest BCUT2D eigenvalue weighted by molar-refractivity contribution is -0.316. The predicted molar refractivity (Wildman–Crippen MR) is 145 cm³/mol. The van der Waals surface area contributed by atoms with Crippen LogP contribution in [0.4, 0.5) is 0 Å². The van der Waals surface area contributed by atoms with Gasteiger partial charge in [-0.15, -0.1) is 0 Å². The Morgan fingerprint density at radius 1 is 0.907 bits per heavy atom. The molecule has 2 saturated carbocycles. The highest BCUT2D eigenvalue weighted by molar-refractivity contribution is 5.86. The third-order valence-corrected chi connectivity index (χ3v) is 8.61. The molecule has 248 valence electrons. The summed E-state index contributed by atoms with van der Waals surface area (Å²) in [5, 5.41) is 76.1. The SMILES string of the molecule is N=C(N)N[C@@H]1C[C@H](O)[C@@H](CN)O[C@@H]1OC1[C@@H](N)C[C@@H](NC(=O)C2(O)CC(N)C2)[C@H](O[C@H]2O[C@H](CO)[C@@H](O)[C@H](N)[C@H]2O)[C@H]1O. The second-order valence-electron chi connectivity index (χ2n) is 11.9. The number of nitrogens with one attached hydrogen (secondary N) is 3. The van der Waals surface area contributed by atoms with Gasteiger partial charge in [-0.1, -0.05) is 0 Å². The number of amides is 1. The van der Waals surface area contributed by atoms with Crippen molar-refractivity contribution in [1.82, 2.24) is 10.6 Å². The topological polar surface area (TPSA) is 353 Å². The fourth-order valence-electron chi connectivity index (χ4n) is 6.12. The van der Waals surface area contributed by atoms with Crippen LogP contribution < -0.4 is 39.3 Å². The molecule has 0 spiro atoms. The Hall–Kier alpha value is -1.82. The average Bonchev–Trinajstić information content (AvgIpc) is 2.92. The van der Waals surface area contributed by atoms with Gasteiger partial charge in [0, 0.05) is 37.9 Å². The van der Waals surface area contributed by atoms with Crippen LogP contribution in [0.15, 0.2) is 0 Å². The van der Waals surface area contributed by atoms with E-state index in [-0.39, 0.29) is 38.3 Å². The third kappa shape index (κ3) is 7.20. The van der Waals surface area contributed by atoms with E-state index in [9.17, 15) is 35.4 Å². The van der Waals surface area contributed by atoms with Crippen molar-refractivity contribution in [2.45, 2.75) is 123 Å². The highest BCUT2D eigenvalue weighted by Gasteiger charge is 2.54. The van der Waals surface area contributed by atoms with E-state index in [4.69, 9.17) is 53.0 Å². The van der Waals surface area contributed by atoms with Gasteiger partial charge < -0.3 is 88.9 Å². The van der Waals surface area contributed by atoms with Crippen LogP contribution in [0.1, 0.15) is 25.7 Å². The summed E-state index contributed by atoms with van der Waals surface area (Å²) in [7, 11) is 0. The molecule has 0 aromatic rings. The molecule has 43 heavy (non-hydrogen) atoms. The van der Waals surface area contributed by atoms with Crippen molar-refractivity contribution in [1.29, 1.82) is 5.41 Å². The number of nitrogens with two attached hydrogens (primary N) is 5. The van der Waals surface area contributed by atoms with Crippen molar-refractivity contribution in [2.75, 3.05) is 13.2 Å². The highest BCUT2D eigenvalue weighted by atomic mass is 16.7. The second kappa shape index (κ2) is 13.7. The minimum atomic E-state index is -1.73. The fourth-order valence-corrected chi connectivity index (χ4v) is 6.12. The van der Waals surface area contributed by atoms with Crippen molar-refractivity contribution in [2.24, 2.45) is 28.7 Å². The van der Waals surface area contributed by atoms with Gasteiger partial charge >= 0.3 is 0 Å². The van der Waals surface area contributed by atoms with E-state index in [0.29, 0.717) is 0 Å². The fraction of sp³-hybridized carbons (Fsp3) is 0.917. The van der Waals surface area contributed by atoms with E-state index in [1.807, 2.05) is 0 Å². The van der Waals surface area contributed by atoms with E-state index < -0.39 is 110 Å². The Kier molecular flexibility index (Phi) is 10.8. The Labute approximate surface area is 247 Å². The maximum atomic E-state index is 13.0. The molecule has 0 aromatic carbocycles. The Balaban J connectivity index is 1.58. The molecule has 2 heterocycles. The molecule has 1 unspecified atom stereocenters. The third-order valence-electron chi connectivity index (χ3n) is 8.61. The van der Waals surface area contributed by atoms with Crippen LogP contribution >= 0.6 is 0 Å². The van der Waals surface area contributed by atoms with E-state index in [1.165, 1.54) is 0 Å². The minimum absolute atomic E-state index is 0.0184. The van der Waals surface area contributed by atoms with Gasteiger partial charge in [-0.2, -0.15) is 0 Å². The quantitative estimate of drug-likeness (QED) is 0.0838. The average molecular weight is 623 g/mol. The van der Waals surface area contributed by atoms with Gasteiger partial charge in [0.05, 0.1) is 36.9 Å². The van der Waals surface area contributed by atoms with Gasteiger partial charge in [0.25, 0.3) is 5.91 Å². The summed E-state index contributed by atoms with van der Waals surface area (Å²) in [6.45, 7) is -0.717. The van der Waals surface area contributed by atoms with Crippen molar-refractivity contribution in [3.63, 3.8) is 0 Å². The number of hydrogen-bond donors (Lipinski definition) is 14. The first kappa shape index (κ1) is 34.1. The molecule has 0 aromatic heterocycles. The van der Waals surface area contributed by atoms with Crippen LogP contribution in [-0.2, 0) is 23.7 Å². The number of carbonyl (C=O) groups is 1. The van der Waals surface area contributed by atoms with Gasteiger partial charge in [-0.25, -0.2) is 0 Å². The summed E-state index contributed by atoms with van der Waals surface area (Å²) in [4.78, 5) is 13.0. The lowest BCUT2D eigenvalue weighted by atomic mass is 9.75. The summed E-state index contributed by atoms with van der Waals surface area (Å²) in [5.74, 6) is -1.19. The van der Waals surface area contributed by atoms with Gasteiger partial charge in [0.2, 0.25) is 0 Å². The van der Waals surface area contributed by atoms with Crippen LogP contribution in [0.25, 0.3) is 0 Å². The molecule has 19 N–H and O–H groups in total. The van der Waals surface area contributed by atoms with Crippen LogP contribution in [0.2, 0.25) is 0 Å². The van der Waals surface area contributed by atoms with Crippen molar-refractivity contribution < 1.29 is 54.4 Å². The van der Waals surface area contributed by atoms with Gasteiger partial charge in [0.15, 0.2) is 18.5 Å². The smallest absolute Gasteiger partial charge is 0.252 e. The molecule has 1 amide bonds. The van der Waals surface area contributed by atoms with E-state index in [2.05, 4.69) is 10.6 Å². The zero-order valence-electron chi connectivity index (χ0n) is 23.5. The zero-order valence-corrected chi connectivity index (χ0v) is 23.5. The normalized spacial score (nSPS) is 48.7. The summed E-state index contributed by atoms with van der Waals surface area (Å²) >= 11 is 0. The first-order chi connectivity index (χ1) is 20.2. The van der Waals surface area contributed by atoms with E-state index in [0.717, 1.165) is 0 Å². The molecule has 19 heteroatoms. The maximum Gasteiger partial charge on any atom is 0.252 e. The van der Waals surface area contributed by atoms with Crippen LogP contribution in [-0.4, -0.2) is 153 Å². The Morgan fingerprint density at radius 2 is 1.53 bits per heavy atom. The van der Waals surface area contributed by atoms with Crippen molar-refractivity contribution >= 4 is 11.9 Å². The van der Waals surface area contributed by atoms with Crippen molar-refractivity contribution in [3.8, 4) is 0 Å². The molecular weight excluding hydrogens is 576 g/mol. The van der Waals surface area contributed by atoms with Crippen molar-refractivity contribution in [3.05, 3.63) is 0 Å². The number of aliphatic hydroxyl groups excluding tert-OH is 5. The number of aliphatic hydroxyl groups is 6. The molecule has 2 aliphatic heterocycles. The lowest BCUT2D eigenvalue weighted by Crippen LogP contribution is -2.70. The molecule has 0 radical (unpaired) electrons. The van der Waals surface area contributed by atoms with E-state index >= 15 is 0 Å². The maximum absolute atomic E-state index is 13.0. The molecule has 4 fully saturated rings. The molecule has 2 saturated heterocycles. The molecule has 2 aliphatic carbocycles. The number of guanidine groups is 1. The largest absolute Gasteiger partial charge is 0.394 e. The van der Waals surface area contributed by atoms with Gasteiger partial charge in [-0.05, 0) is 6.42 Å². The molecule has 4 aliphatic rings. The Bertz CT molecular complexity index is 978. The molecule has 14 atom stereocenters. The minimum Gasteiger partial charge on any atom is -0.394 e. The summed E-state index contributed by atoms with van der Waals surface area (Å²) < 4.78 is 23.4. The zero-order chi connectivity index (χ0) is 31.8. The van der Waals surface area contributed by atoms with E-state index in [1.54, 1.807) is 0 Å². The number of carbonyl (C=O) groups excluding carboxylic acids is 1. The van der Waals surface area contributed by atoms with Crippen LogP contribution in [0.3, 0.4) is 0 Å². The van der Waals surface area contributed by atoms with Crippen LogP contribution in [0, 0.1) is 5.41 Å². The first-order valence-electron chi connectivity index (χ1n) is 14.2. The number of hydrogen-bond acceptors (Lipinski definition) is 16. The van der Waals surface area contributed by atoms with Gasteiger partial charge in [-0.3, -0.25) is 10.2 Å². The first-order valence-corrected chi connectivity index (χ1v) is 14.2. The molecular formula is C24H46N8O11. The summed E-state index contributed by atoms with van der Waals surface area (Å²) in [6, 6.07) is -4.50. The number of rotatable bonds is 9. The second-order valence-corrected chi connectivity index (χ2v) is 11.9. The standard InChI is InChI=1S/C24H46N8O11/c25-5-12-11(34)2-10(32-23(29)30)20(40-12)42-18-8(27)1-9(31-22(38)24(39)3-7(26)4-24)19(17(18)37)43-21-16(36)14(28)15(35)13(6-33)41-21/h7-21,33-37,39H,1-6,25-28H2,(H,31,38)(H4,29,30,32)/t7?,8-,9+,10+,11-,12+,13+,14-,15+,16+,17-,18?,19-,20+,21+,24?/m0/s1. The molecule has 19 nitrogen and oxygen atoms in total. The monoisotopic (exact) mass is 622 g/mol. The van der Waals surface area contributed by atoms with Crippen LogP contribution in [0.5, 0.6) is 0 Å². The predicted octanol–water partition coefficient (Wildman–Crippen LogP) is -7.76. The molecule has 0 bridgehead atoms. The summed E-state index contributed by atoms with van der Waals surface area (Å²) in [5.41, 5.74) is 27.6. The Morgan fingerprint density at radius 3 is 2.12 bits per heavy atom. The highest BCUT2D eigenvalue weighted by Crippen LogP contribution is 2.34. The number of ether oxygens (including phenoxy) is 4. The van der Waals surface area contributed by atoms with Gasteiger partial charge in [0.1, 0.15) is 42.2 Å². The lowest BCUT2D eigenvalue weighted by Gasteiger charge is -2.49. The summed E-state index contributed by atoms with van der Waals surface area (Å²) in [6.07, 6.45) is -13.1. The molecule has 4 rings (SSSR count).